The van der Waals surface area contributed by atoms with Gasteiger partial charge in [0.05, 0.1) is 10.8 Å². The average Bonchev–Trinajstić information content (AvgIpc) is 3.10. The molecular weight excluding hydrogens is 390 g/mol. The van der Waals surface area contributed by atoms with Gasteiger partial charge in [-0.3, -0.25) is 9.00 Å². The highest BCUT2D eigenvalue weighted by molar-refractivity contribution is 7.85. The minimum Gasteiger partial charge on any atom is -0.342 e. The molecule has 30 heavy (non-hydrogen) atoms. The third kappa shape index (κ3) is 2.96. The molecule has 1 amide bonds. The molecule has 164 valence electrons. The van der Waals surface area contributed by atoms with Crippen LogP contribution in [0.5, 0.6) is 0 Å². The SMILES string of the molecule is CC1C[C@H]2N(C)C(=O)CC[C@]2(C)[C@H]2CC[C@]3(C)C[C@@H](S(=O)c4ccccc4)C[C@H]3C12. The fraction of sp³-hybridized carbons (Fsp3) is 0.731. The van der Waals surface area contributed by atoms with E-state index >= 15 is 0 Å². The van der Waals surface area contributed by atoms with Gasteiger partial charge in [-0.2, -0.15) is 0 Å². The van der Waals surface area contributed by atoms with Crippen molar-refractivity contribution in [3.8, 4) is 0 Å². The van der Waals surface area contributed by atoms with Crippen LogP contribution in [0, 0.1) is 34.5 Å². The number of nitrogens with zero attached hydrogens (tertiary/aromatic N) is 1. The molecule has 1 heterocycles. The summed E-state index contributed by atoms with van der Waals surface area (Å²) in [7, 11) is 1.13. The topological polar surface area (TPSA) is 37.4 Å². The van der Waals surface area contributed by atoms with Crippen LogP contribution in [0.25, 0.3) is 0 Å². The Bertz CT molecular complexity index is 856. The Balaban J connectivity index is 1.44. The van der Waals surface area contributed by atoms with E-state index in [0.29, 0.717) is 47.5 Å². The van der Waals surface area contributed by atoms with E-state index in [-0.39, 0.29) is 10.7 Å². The van der Waals surface area contributed by atoms with Crippen molar-refractivity contribution < 1.29 is 9.00 Å². The molecule has 3 saturated carbocycles. The van der Waals surface area contributed by atoms with Crippen LogP contribution in [0.15, 0.2) is 35.2 Å². The van der Waals surface area contributed by atoms with Gasteiger partial charge in [0, 0.05) is 29.7 Å². The third-order valence-corrected chi connectivity index (χ3v) is 11.6. The van der Waals surface area contributed by atoms with Crippen molar-refractivity contribution in [2.24, 2.45) is 34.5 Å². The standard InChI is InChI=1S/C26H37NO2S/c1-17-14-22-26(3,13-11-23(28)27(22)4)20-10-12-25(2)16-19(15-21(25)24(17)20)30(29)18-8-6-5-7-9-18/h5-9,17,19-22,24H,10-16H2,1-4H3/t17?,19-,20-,21-,22+,24?,25+,26+,30?/m0/s1. The predicted molar refractivity (Wildman–Crippen MR) is 121 cm³/mol. The number of carbonyl (C=O) groups is 1. The van der Waals surface area contributed by atoms with E-state index in [2.05, 4.69) is 25.7 Å². The maximum Gasteiger partial charge on any atom is 0.222 e. The lowest BCUT2D eigenvalue weighted by atomic mass is 9.45. The van der Waals surface area contributed by atoms with E-state index in [0.717, 1.165) is 30.6 Å². The van der Waals surface area contributed by atoms with Crippen LogP contribution >= 0.6 is 0 Å². The molecule has 0 N–H and O–H groups in total. The molecule has 0 aromatic heterocycles. The van der Waals surface area contributed by atoms with E-state index in [1.54, 1.807) is 0 Å². The lowest BCUT2D eigenvalue weighted by molar-refractivity contribution is -0.164. The zero-order valence-electron chi connectivity index (χ0n) is 19.0. The molecule has 4 heteroatoms. The van der Waals surface area contributed by atoms with Gasteiger partial charge in [0.25, 0.3) is 0 Å². The Morgan fingerprint density at radius 3 is 2.53 bits per heavy atom. The minimum atomic E-state index is -0.907. The van der Waals surface area contributed by atoms with Crippen molar-refractivity contribution in [3.63, 3.8) is 0 Å². The summed E-state index contributed by atoms with van der Waals surface area (Å²) in [5, 5.41) is 0.287. The van der Waals surface area contributed by atoms with Gasteiger partial charge in [-0.15, -0.1) is 0 Å². The Hall–Kier alpha value is -1.16. The lowest BCUT2D eigenvalue weighted by Gasteiger charge is -2.63. The van der Waals surface area contributed by atoms with Crippen LogP contribution in [0.3, 0.4) is 0 Å². The molecule has 3 aliphatic carbocycles. The summed E-state index contributed by atoms with van der Waals surface area (Å²) in [4.78, 5) is 15.5. The zero-order valence-corrected chi connectivity index (χ0v) is 19.8. The molecule has 1 aliphatic heterocycles. The zero-order chi connectivity index (χ0) is 21.3. The van der Waals surface area contributed by atoms with Crippen LogP contribution in [0.4, 0.5) is 0 Å². The first kappa shape index (κ1) is 20.7. The van der Waals surface area contributed by atoms with E-state index < -0.39 is 10.8 Å². The molecule has 1 saturated heterocycles. The average molecular weight is 428 g/mol. The maximum absolute atomic E-state index is 13.4. The van der Waals surface area contributed by atoms with Crippen LogP contribution < -0.4 is 0 Å². The molecule has 0 spiro atoms. The fourth-order valence-corrected chi connectivity index (χ4v) is 10.1. The van der Waals surface area contributed by atoms with E-state index in [1.807, 2.05) is 37.4 Å². The van der Waals surface area contributed by atoms with Gasteiger partial charge < -0.3 is 4.90 Å². The molecule has 5 rings (SSSR count). The summed E-state index contributed by atoms with van der Waals surface area (Å²) < 4.78 is 13.4. The predicted octanol–water partition coefficient (Wildman–Crippen LogP) is 5.27. The molecule has 0 radical (unpaired) electrons. The largest absolute Gasteiger partial charge is 0.342 e. The van der Waals surface area contributed by atoms with Gasteiger partial charge in [-0.25, -0.2) is 0 Å². The number of amides is 1. The molecule has 1 aromatic carbocycles. The summed E-state index contributed by atoms with van der Waals surface area (Å²) in [5.74, 6) is 3.05. The van der Waals surface area contributed by atoms with Crippen LogP contribution in [0.2, 0.25) is 0 Å². The highest BCUT2D eigenvalue weighted by Crippen LogP contribution is 2.66. The Kier molecular flexibility index (Phi) is 4.96. The minimum absolute atomic E-state index is 0.248. The normalized spacial score (nSPS) is 46.7. The Morgan fingerprint density at radius 1 is 1.07 bits per heavy atom. The van der Waals surface area contributed by atoms with Gasteiger partial charge in [-0.05, 0) is 85.2 Å². The first-order chi connectivity index (χ1) is 14.2. The molecular formula is C26H37NO2S. The van der Waals surface area contributed by atoms with Crippen molar-refractivity contribution >= 4 is 16.7 Å². The molecule has 3 unspecified atom stereocenters. The number of rotatable bonds is 2. The number of hydrogen-bond donors (Lipinski definition) is 0. The smallest absolute Gasteiger partial charge is 0.222 e. The molecule has 0 bridgehead atoms. The van der Waals surface area contributed by atoms with Gasteiger partial charge in [-0.1, -0.05) is 39.0 Å². The van der Waals surface area contributed by atoms with E-state index in [9.17, 15) is 9.00 Å². The number of benzene rings is 1. The second-order valence-corrected chi connectivity index (χ2v) is 13.1. The second-order valence-electron chi connectivity index (χ2n) is 11.4. The van der Waals surface area contributed by atoms with Gasteiger partial charge in [0.2, 0.25) is 5.91 Å². The maximum atomic E-state index is 13.4. The fourth-order valence-electron chi connectivity index (χ4n) is 8.37. The molecule has 4 fully saturated rings. The Labute approximate surface area is 184 Å². The number of likely N-dealkylation sites (tertiary alicyclic amines) is 1. The number of carbonyl (C=O) groups excluding carboxylic acids is 1. The number of fused-ring (bicyclic) bond motifs is 5. The lowest BCUT2D eigenvalue weighted by Crippen LogP contribution is -2.62. The number of hydrogen-bond acceptors (Lipinski definition) is 2. The van der Waals surface area contributed by atoms with Crippen molar-refractivity contribution in [2.45, 2.75) is 81.9 Å². The van der Waals surface area contributed by atoms with Crippen LogP contribution in [-0.2, 0) is 15.6 Å². The van der Waals surface area contributed by atoms with Crippen LogP contribution in [-0.4, -0.2) is 33.4 Å². The monoisotopic (exact) mass is 427 g/mol. The molecule has 1 aromatic rings. The summed E-state index contributed by atoms with van der Waals surface area (Å²) in [6.07, 6.45) is 7.66. The third-order valence-electron chi connectivity index (χ3n) is 9.94. The second kappa shape index (κ2) is 7.18. The summed E-state index contributed by atoms with van der Waals surface area (Å²) in [5.41, 5.74) is 0.571. The van der Waals surface area contributed by atoms with Crippen molar-refractivity contribution in [3.05, 3.63) is 30.3 Å². The van der Waals surface area contributed by atoms with Gasteiger partial charge in [0.15, 0.2) is 0 Å². The molecule has 9 atom stereocenters. The van der Waals surface area contributed by atoms with Gasteiger partial charge in [0.1, 0.15) is 0 Å². The first-order valence-electron chi connectivity index (χ1n) is 12.0. The van der Waals surface area contributed by atoms with Crippen LogP contribution in [0.1, 0.15) is 65.7 Å². The molecule has 3 nitrogen and oxygen atoms in total. The Morgan fingerprint density at radius 2 is 1.80 bits per heavy atom. The summed E-state index contributed by atoms with van der Waals surface area (Å²) in [6, 6.07) is 10.5. The van der Waals surface area contributed by atoms with Crippen molar-refractivity contribution in [1.29, 1.82) is 0 Å². The van der Waals surface area contributed by atoms with Gasteiger partial charge >= 0.3 is 0 Å². The highest BCUT2D eigenvalue weighted by atomic mass is 32.2. The first-order valence-corrected chi connectivity index (χ1v) is 13.2. The highest BCUT2D eigenvalue weighted by Gasteiger charge is 2.62. The number of piperidine rings is 1. The van der Waals surface area contributed by atoms with Crippen molar-refractivity contribution in [1.82, 2.24) is 4.90 Å². The molecule has 4 aliphatic rings. The van der Waals surface area contributed by atoms with E-state index in [4.69, 9.17) is 0 Å². The van der Waals surface area contributed by atoms with E-state index in [1.165, 1.54) is 12.8 Å². The van der Waals surface area contributed by atoms with Crippen molar-refractivity contribution in [2.75, 3.05) is 7.05 Å². The summed E-state index contributed by atoms with van der Waals surface area (Å²) in [6.45, 7) is 7.42. The quantitative estimate of drug-likeness (QED) is 0.644. The summed E-state index contributed by atoms with van der Waals surface area (Å²) >= 11 is 0.